The number of hydrogen-bond donors (Lipinski definition) is 0. The summed E-state index contributed by atoms with van der Waals surface area (Å²) in [5, 5.41) is 1.15. The van der Waals surface area contributed by atoms with Gasteiger partial charge in [-0.25, -0.2) is 9.78 Å². The second-order valence-corrected chi connectivity index (χ2v) is 7.69. The number of fused-ring (bicyclic) bond motifs is 3. The Kier molecular flexibility index (Phi) is 3.41. The largest absolute Gasteiger partial charge is 0.444 e. The fourth-order valence-electron chi connectivity index (χ4n) is 3.71. The van der Waals surface area contributed by atoms with Crippen molar-refractivity contribution in [3.05, 3.63) is 36.4 Å². The van der Waals surface area contributed by atoms with Crippen LogP contribution in [-0.2, 0) is 4.74 Å². The molecule has 4 rings (SSSR count). The van der Waals surface area contributed by atoms with E-state index in [4.69, 9.17) is 9.72 Å². The smallest absolute Gasteiger partial charge is 0.410 e. The van der Waals surface area contributed by atoms with Crippen molar-refractivity contribution >= 4 is 22.8 Å². The Morgan fingerprint density at radius 1 is 1.12 bits per heavy atom. The van der Waals surface area contributed by atoms with E-state index < -0.39 is 5.60 Å². The summed E-state index contributed by atoms with van der Waals surface area (Å²) in [5.41, 5.74) is 0.570. The van der Waals surface area contributed by atoms with Gasteiger partial charge in [-0.1, -0.05) is 18.2 Å². The van der Waals surface area contributed by atoms with E-state index in [0.29, 0.717) is 12.6 Å². The van der Waals surface area contributed by atoms with Gasteiger partial charge in [0.2, 0.25) is 0 Å². The first-order valence-electron chi connectivity index (χ1n) is 8.53. The second-order valence-electron chi connectivity index (χ2n) is 7.69. The SMILES string of the molecule is CC(C)(C)OC(=O)N1C[C@@H]2C[C@H]1CN2c1ccc2ccccc2n1. The number of amides is 1. The normalized spacial score (nSPS) is 23.1. The van der Waals surface area contributed by atoms with Gasteiger partial charge in [-0.05, 0) is 45.4 Å². The average molecular weight is 325 g/mol. The molecule has 1 aromatic carbocycles. The molecule has 2 bridgehead atoms. The van der Waals surface area contributed by atoms with E-state index in [2.05, 4.69) is 23.1 Å². The van der Waals surface area contributed by atoms with Gasteiger partial charge in [-0.3, -0.25) is 0 Å². The van der Waals surface area contributed by atoms with Crippen molar-refractivity contribution in [1.29, 1.82) is 0 Å². The number of likely N-dealkylation sites (tertiary alicyclic amines) is 1. The number of hydrogen-bond acceptors (Lipinski definition) is 4. The topological polar surface area (TPSA) is 45.7 Å². The zero-order valence-electron chi connectivity index (χ0n) is 14.4. The zero-order valence-corrected chi connectivity index (χ0v) is 14.4. The fraction of sp³-hybridized carbons (Fsp3) is 0.474. The average Bonchev–Trinajstić information content (AvgIpc) is 3.13. The molecule has 2 fully saturated rings. The predicted molar refractivity (Wildman–Crippen MR) is 94.2 cm³/mol. The van der Waals surface area contributed by atoms with Crippen LogP contribution in [0.1, 0.15) is 27.2 Å². The Labute approximate surface area is 142 Å². The molecule has 2 atom stereocenters. The summed E-state index contributed by atoms with van der Waals surface area (Å²) in [6.07, 6.45) is 0.800. The van der Waals surface area contributed by atoms with Crippen LogP contribution in [0.2, 0.25) is 0 Å². The number of pyridine rings is 1. The molecule has 5 heteroatoms. The first kappa shape index (κ1) is 15.2. The molecule has 126 valence electrons. The molecule has 0 spiro atoms. The third kappa shape index (κ3) is 2.68. The van der Waals surface area contributed by atoms with E-state index in [1.807, 2.05) is 43.9 Å². The molecule has 0 saturated carbocycles. The maximum Gasteiger partial charge on any atom is 0.410 e. The number of ether oxygens (including phenoxy) is 1. The van der Waals surface area contributed by atoms with Crippen LogP contribution in [0.5, 0.6) is 0 Å². The number of aromatic nitrogens is 1. The van der Waals surface area contributed by atoms with Gasteiger partial charge in [0, 0.05) is 18.5 Å². The van der Waals surface area contributed by atoms with Crippen LogP contribution in [0.3, 0.4) is 0 Å². The standard InChI is InChI=1S/C19H23N3O2/c1-19(2,3)24-18(23)22-12-14-10-15(22)11-21(14)17-9-8-13-6-4-5-7-16(13)20-17/h4-9,14-15H,10-12H2,1-3H3/t14-,15-/m0/s1. The zero-order chi connectivity index (χ0) is 16.9. The molecular formula is C19H23N3O2. The van der Waals surface area contributed by atoms with Crippen LogP contribution >= 0.6 is 0 Å². The highest BCUT2D eigenvalue weighted by atomic mass is 16.6. The molecule has 0 aliphatic carbocycles. The minimum atomic E-state index is -0.446. The first-order chi connectivity index (χ1) is 11.4. The lowest BCUT2D eigenvalue weighted by molar-refractivity contribution is 0.0214. The third-order valence-corrected chi connectivity index (χ3v) is 4.75. The molecule has 5 nitrogen and oxygen atoms in total. The van der Waals surface area contributed by atoms with Crippen LogP contribution in [0, 0.1) is 0 Å². The highest BCUT2D eigenvalue weighted by Gasteiger charge is 2.46. The molecule has 1 aromatic heterocycles. The number of anilines is 1. The van der Waals surface area contributed by atoms with Crippen molar-refractivity contribution in [3.63, 3.8) is 0 Å². The van der Waals surface area contributed by atoms with Gasteiger partial charge in [0.05, 0.1) is 17.6 Å². The molecule has 0 unspecified atom stereocenters. The Morgan fingerprint density at radius 2 is 1.92 bits per heavy atom. The number of carbonyl (C=O) groups excluding carboxylic acids is 1. The Balaban J connectivity index is 1.50. The van der Waals surface area contributed by atoms with Gasteiger partial charge in [0.25, 0.3) is 0 Å². The molecule has 2 aliphatic heterocycles. The van der Waals surface area contributed by atoms with Gasteiger partial charge in [-0.15, -0.1) is 0 Å². The van der Waals surface area contributed by atoms with Crippen LogP contribution in [0.15, 0.2) is 36.4 Å². The summed E-state index contributed by atoms with van der Waals surface area (Å²) in [5.74, 6) is 1.00. The highest BCUT2D eigenvalue weighted by Crippen LogP contribution is 2.35. The molecule has 24 heavy (non-hydrogen) atoms. The number of benzene rings is 1. The number of piperazine rings is 1. The first-order valence-corrected chi connectivity index (χ1v) is 8.53. The molecule has 3 heterocycles. The lowest BCUT2D eigenvalue weighted by atomic mass is 10.2. The van der Waals surface area contributed by atoms with Crippen LogP contribution in [-0.4, -0.2) is 46.8 Å². The molecule has 0 N–H and O–H groups in total. The summed E-state index contributed by atoms with van der Waals surface area (Å²) in [6, 6.07) is 12.9. The van der Waals surface area contributed by atoms with Crippen LogP contribution < -0.4 is 4.90 Å². The predicted octanol–water partition coefficient (Wildman–Crippen LogP) is 3.43. The van der Waals surface area contributed by atoms with E-state index in [1.54, 1.807) is 0 Å². The third-order valence-electron chi connectivity index (χ3n) is 4.75. The van der Waals surface area contributed by atoms with E-state index >= 15 is 0 Å². The van der Waals surface area contributed by atoms with E-state index in [9.17, 15) is 4.79 Å². The monoisotopic (exact) mass is 325 g/mol. The number of para-hydroxylation sites is 1. The van der Waals surface area contributed by atoms with Crippen LogP contribution in [0.4, 0.5) is 10.6 Å². The Hall–Kier alpha value is -2.30. The summed E-state index contributed by atoms with van der Waals surface area (Å²) >= 11 is 0. The number of nitrogens with zero attached hydrogens (tertiary/aromatic N) is 3. The second kappa shape index (κ2) is 5.36. The molecule has 2 saturated heterocycles. The van der Waals surface area contributed by atoms with Gasteiger partial charge in [-0.2, -0.15) is 0 Å². The Morgan fingerprint density at radius 3 is 2.62 bits per heavy atom. The quantitative estimate of drug-likeness (QED) is 0.806. The summed E-state index contributed by atoms with van der Waals surface area (Å²) in [4.78, 5) is 21.3. The summed E-state index contributed by atoms with van der Waals surface area (Å²) < 4.78 is 5.53. The van der Waals surface area contributed by atoms with E-state index in [1.165, 1.54) is 0 Å². The lowest BCUT2D eigenvalue weighted by Crippen LogP contribution is -2.50. The van der Waals surface area contributed by atoms with Gasteiger partial charge in [0.15, 0.2) is 0 Å². The van der Waals surface area contributed by atoms with Crippen molar-refractivity contribution in [2.75, 3.05) is 18.0 Å². The van der Waals surface area contributed by atoms with Crippen molar-refractivity contribution < 1.29 is 9.53 Å². The van der Waals surface area contributed by atoms with E-state index in [0.717, 1.165) is 29.7 Å². The summed E-state index contributed by atoms with van der Waals surface area (Å²) in [6.45, 7) is 7.27. The Bertz CT molecular complexity index is 784. The molecule has 0 radical (unpaired) electrons. The fourth-order valence-corrected chi connectivity index (χ4v) is 3.71. The van der Waals surface area contributed by atoms with Gasteiger partial charge >= 0.3 is 6.09 Å². The summed E-state index contributed by atoms with van der Waals surface area (Å²) in [7, 11) is 0. The minimum Gasteiger partial charge on any atom is -0.444 e. The van der Waals surface area contributed by atoms with Gasteiger partial charge in [0.1, 0.15) is 11.4 Å². The highest BCUT2D eigenvalue weighted by molar-refractivity contribution is 5.80. The van der Waals surface area contributed by atoms with Crippen LogP contribution in [0.25, 0.3) is 10.9 Å². The molecule has 2 aromatic rings. The maximum atomic E-state index is 12.3. The maximum absolute atomic E-state index is 12.3. The minimum absolute atomic E-state index is 0.193. The molecule has 1 amide bonds. The van der Waals surface area contributed by atoms with E-state index in [-0.39, 0.29) is 12.1 Å². The number of rotatable bonds is 1. The number of carbonyl (C=O) groups is 1. The van der Waals surface area contributed by atoms with Crippen molar-refractivity contribution in [2.24, 2.45) is 0 Å². The molecule has 2 aliphatic rings. The van der Waals surface area contributed by atoms with Crippen molar-refractivity contribution in [1.82, 2.24) is 9.88 Å². The van der Waals surface area contributed by atoms with Crippen molar-refractivity contribution in [2.45, 2.75) is 44.9 Å². The lowest BCUT2D eigenvalue weighted by Gasteiger charge is -2.35. The van der Waals surface area contributed by atoms with Crippen molar-refractivity contribution in [3.8, 4) is 0 Å². The molecular weight excluding hydrogens is 302 g/mol. The van der Waals surface area contributed by atoms with Gasteiger partial charge < -0.3 is 14.5 Å².